The van der Waals surface area contributed by atoms with Crippen molar-refractivity contribution in [2.45, 2.75) is 32.1 Å². The molecule has 0 atom stereocenters. The van der Waals surface area contributed by atoms with E-state index < -0.39 is 0 Å². The van der Waals surface area contributed by atoms with Crippen LogP contribution in [0.1, 0.15) is 32.1 Å². The van der Waals surface area contributed by atoms with Crippen LogP contribution in [0.3, 0.4) is 0 Å². The SMILES string of the molecule is [CH]=CC(=O)CC1CCCC1. The van der Waals surface area contributed by atoms with Crippen LogP contribution in [0.25, 0.3) is 0 Å². The molecule has 1 aliphatic rings. The molecule has 0 saturated heterocycles. The van der Waals surface area contributed by atoms with E-state index in [0.717, 1.165) is 0 Å². The number of hydrogen-bond donors (Lipinski definition) is 0. The average Bonchev–Trinajstić information content (AvgIpc) is 2.40. The normalized spacial score (nSPS) is 19.2. The second-order valence-electron chi connectivity index (χ2n) is 2.99. The quantitative estimate of drug-likeness (QED) is 0.544. The topological polar surface area (TPSA) is 17.1 Å². The maximum Gasteiger partial charge on any atom is 0.155 e. The van der Waals surface area contributed by atoms with E-state index in [1.807, 2.05) is 0 Å². The summed E-state index contributed by atoms with van der Waals surface area (Å²) in [6.45, 7) is 5.08. The highest BCUT2D eigenvalue weighted by Crippen LogP contribution is 2.27. The first-order valence-corrected chi connectivity index (χ1v) is 3.90. The van der Waals surface area contributed by atoms with Crippen LogP contribution < -0.4 is 0 Å². The lowest BCUT2D eigenvalue weighted by Crippen LogP contribution is -2.01. The highest BCUT2D eigenvalue weighted by molar-refractivity contribution is 5.88. The lowest BCUT2D eigenvalue weighted by atomic mass is 10.0. The standard InChI is InChI=1S/C9H13O/c1-2-9(10)7-8-5-3-4-6-8/h1-2,8H,3-7H2. The predicted octanol–water partition coefficient (Wildman–Crippen LogP) is 2.12. The van der Waals surface area contributed by atoms with Gasteiger partial charge in [0.2, 0.25) is 0 Å². The molecular formula is C9H13O. The summed E-state index contributed by atoms with van der Waals surface area (Å²) in [5.74, 6) is 0.735. The molecule has 1 aliphatic carbocycles. The maximum atomic E-state index is 10.8. The molecule has 1 nitrogen and oxygen atoms in total. The Morgan fingerprint density at radius 3 is 2.60 bits per heavy atom. The van der Waals surface area contributed by atoms with Crippen LogP contribution >= 0.6 is 0 Å². The highest BCUT2D eigenvalue weighted by atomic mass is 16.1. The fourth-order valence-corrected chi connectivity index (χ4v) is 1.57. The predicted molar refractivity (Wildman–Crippen MR) is 40.5 cm³/mol. The summed E-state index contributed by atoms with van der Waals surface area (Å²) in [7, 11) is 0. The molecule has 10 heavy (non-hydrogen) atoms. The summed E-state index contributed by atoms with van der Waals surface area (Å²) in [6.07, 6.45) is 6.90. The molecule has 0 aromatic heterocycles. The molecule has 1 heteroatoms. The van der Waals surface area contributed by atoms with Crippen molar-refractivity contribution >= 4 is 5.78 Å². The molecule has 1 radical (unpaired) electrons. The largest absolute Gasteiger partial charge is 0.295 e. The van der Waals surface area contributed by atoms with Crippen LogP contribution in [-0.4, -0.2) is 5.78 Å². The second-order valence-corrected chi connectivity index (χ2v) is 2.99. The van der Waals surface area contributed by atoms with Gasteiger partial charge in [0.15, 0.2) is 5.78 Å². The van der Waals surface area contributed by atoms with E-state index >= 15 is 0 Å². The van der Waals surface area contributed by atoms with Crippen molar-refractivity contribution in [1.82, 2.24) is 0 Å². The summed E-state index contributed by atoms with van der Waals surface area (Å²) in [5, 5.41) is 0. The molecule has 1 fully saturated rings. The molecule has 0 N–H and O–H groups in total. The van der Waals surface area contributed by atoms with Crippen LogP contribution in [0, 0.1) is 12.5 Å². The van der Waals surface area contributed by atoms with Gasteiger partial charge < -0.3 is 0 Å². The lowest BCUT2D eigenvalue weighted by Gasteiger charge is -2.03. The molecule has 55 valence electrons. The monoisotopic (exact) mass is 137 g/mol. The van der Waals surface area contributed by atoms with Gasteiger partial charge >= 0.3 is 0 Å². The van der Waals surface area contributed by atoms with Gasteiger partial charge in [-0.3, -0.25) is 4.79 Å². The number of carbonyl (C=O) groups is 1. The molecule has 0 aliphatic heterocycles. The van der Waals surface area contributed by atoms with Crippen molar-refractivity contribution in [3.8, 4) is 0 Å². The van der Waals surface area contributed by atoms with Gasteiger partial charge in [-0.05, 0) is 12.0 Å². The van der Waals surface area contributed by atoms with Crippen LogP contribution in [0.15, 0.2) is 6.08 Å². The third kappa shape index (κ3) is 1.98. The Balaban J connectivity index is 2.23. The molecule has 1 rings (SSSR count). The maximum absolute atomic E-state index is 10.8. The zero-order valence-electron chi connectivity index (χ0n) is 6.18. The van der Waals surface area contributed by atoms with Crippen molar-refractivity contribution < 1.29 is 4.79 Å². The summed E-state index contributed by atoms with van der Waals surface area (Å²) >= 11 is 0. The van der Waals surface area contributed by atoms with Gasteiger partial charge in [0.25, 0.3) is 0 Å². The first kappa shape index (κ1) is 7.52. The summed E-state index contributed by atoms with van der Waals surface area (Å²) in [4.78, 5) is 10.8. The molecule has 0 aromatic carbocycles. The minimum absolute atomic E-state index is 0.104. The van der Waals surface area contributed by atoms with E-state index in [0.29, 0.717) is 12.3 Å². The Hall–Kier alpha value is -0.590. The van der Waals surface area contributed by atoms with Crippen LogP contribution in [0.4, 0.5) is 0 Å². The molecule has 0 bridgehead atoms. The minimum atomic E-state index is 0.104. The number of allylic oxidation sites excluding steroid dienone is 1. The van der Waals surface area contributed by atoms with E-state index in [2.05, 4.69) is 0 Å². The van der Waals surface area contributed by atoms with Gasteiger partial charge in [0, 0.05) is 6.42 Å². The highest BCUT2D eigenvalue weighted by Gasteiger charge is 2.16. The Kier molecular flexibility index (Phi) is 2.67. The zero-order chi connectivity index (χ0) is 7.40. The molecule has 0 spiro atoms. The first-order valence-electron chi connectivity index (χ1n) is 3.90. The minimum Gasteiger partial charge on any atom is -0.295 e. The third-order valence-corrected chi connectivity index (χ3v) is 2.15. The van der Waals surface area contributed by atoms with E-state index in [1.54, 1.807) is 0 Å². The lowest BCUT2D eigenvalue weighted by molar-refractivity contribution is -0.115. The summed E-state index contributed by atoms with van der Waals surface area (Å²) < 4.78 is 0. The van der Waals surface area contributed by atoms with Gasteiger partial charge in [0.1, 0.15) is 0 Å². The number of rotatable bonds is 3. The number of hydrogen-bond acceptors (Lipinski definition) is 1. The van der Waals surface area contributed by atoms with Crippen molar-refractivity contribution in [3.63, 3.8) is 0 Å². The van der Waals surface area contributed by atoms with Crippen molar-refractivity contribution in [2.24, 2.45) is 5.92 Å². The second kappa shape index (κ2) is 3.55. The van der Waals surface area contributed by atoms with Crippen LogP contribution in [0.5, 0.6) is 0 Å². The Morgan fingerprint density at radius 1 is 1.50 bits per heavy atom. The van der Waals surface area contributed by atoms with Gasteiger partial charge in [0.05, 0.1) is 0 Å². The Bertz CT molecular complexity index is 132. The summed E-state index contributed by atoms with van der Waals surface area (Å²) in [6, 6.07) is 0. The van der Waals surface area contributed by atoms with Gasteiger partial charge in [-0.25, -0.2) is 0 Å². The fraction of sp³-hybridized carbons (Fsp3) is 0.667. The van der Waals surface area contributed by atoms with Crippen LogP contribution in [0.2, 0.25) is 0 Å². The number of ketones is 1. The first-order chi connectivity index (χ1) is 4.83. The van der Waals surface area contributed by atoms with Crippen molar-refractivity contribution in [1.29, 1.82) is 0 Å². The molecule has 0 heterocycles. The summed E-state index contributed by atoms with van der Waals surface area (Å²) in [5.41, 5.74) is 0. The van der Waals surface area contributed by atoms with E-state index in [9.17, 15) is 4.79 Å². The van der Waals surface area contributed by atoms with E-state index in [-0.39, 0.29) is 5.78 Å². The van der Waals surface area contributed by atoms with Gasteiger partial charge in [-0.15, -0.1) is 0 Å². The van der Waals surface area contributed by atoms with E-state index in [1.165, 1.54) is 31.8 Å². The van der Waals surface area contributed by atoms with Gasteiger partial charge in [-0.1, -0.05) is 32.3 Å². The average molecular weight is 137 g/mol. The van der Waals surface area contributed by atoms with Crippen molar-refractivity contribution in [3.05, 3.63) is 12.7 Å². The van der Waals surface area contributed by atoms with Gasteiger partial charge in [-0.2, -0.15) is 0 Å². The number of carbonyl (C=O) groups excluding carboxylic acids is 1. The molecule has 1 saturated carbocycles. The van der Waals surface area contributed by atoms with E-state index in [4.69, 9.17) is 6.58 Å². The molecule has 0 unspecified atom stereocenters. The molecule has 0 aromatic rings. The molecule has 0 amide bonds. The smallest absolute Gasteiger partial charge is 0.155 e. The van der Waals surface area contributed by atoms with Crippen LogP contribution in [-0.2, 0) is 4.79 Å². The zero-order valence-corrected chi connectivity index (χ0v) is 6.18. The third-order valence-electron chi connectivity index (χ3n) is 2.15. The van der Waals surface area contributed by atoms with Crippen molar-refractivity contribution in [2.75, 3.05) is 0 Å². The Labute approximate surface area is 62.1 Å². The molecular weight excluding hydrogens is 124 g/mol. The Morgan fingerprint density at radius 2 is 2.10 bits per heavy atom. The fourth-order valence-electron chi connectivity index (χ4n) is 1.57.